The molecule has 8 heteroatoms. The zero-order valence-electron chi connectivity index (χ0n) is 16.1. The van der Waals surface area contributed by atoms with Gasteiger partial charge in [-0.25, -0.2) is 8.42 Å². The maximum absolute atomic E-state index is 12.5. The van der Waals surface area contributed by atoms with E-state index in [1.54, 1.807) is 36.4 Å². The maximum Gasteiger partial charge on any atom is 0.307 e. The SMILES string of the molecule is Cc1ccc(S(=O)(=O)Nc2ccc(NC(=O)[C@H]3CCCC[C@H]3C(=O)O)cc2)cc1. The van der Waals surface area contributed by atoms with Crippen LogP contribution in [0.1, 0.15) is 31.2 Å². The van der Waals surface area contributed by atoms with Crippen LogP contribution in [-0.2, 0) is 19.6 Å². The maximum atomic E-state index is 12.5. The van der Waals surface area contributed by atoms with E-state index in [4.69, 9.17) is 0 Å². The van der Waals surface area contributed by atoms with Crippen molar-refractivity contribution in [1.82, 2.24) is 0 Å². The number of carboxylic acid groups (broad SMARTS) is 1. The summed E-state index contributed by atoms with van der Waals surface area (Å²) < 4.78 is 27.4. The first-order valence-corrected chi connectivity index (χ1v) is 11.0. The van der Waals surface area contributed by atoms with Gasteiger partial charge in [-0.3, -0.25) is 14.3 Å². The molecule has 1 aliphatic rings. The second kappa shape index (κ2) is 8.65. The predicted molar refractivity (Wildman–Crippen MR) is 110 cm³/mol. The summed E-state index contributed by atoms with van der Waals surface area (Å²) in [5, 5.41) is 12.1. The molecule has 0 aliphatic heterocycles. The Hall–Kier alpha value is -2.87. The van der Waals surface area contributed by atoms with E-state index in [-0.39, 0.29) is 10.8 Å². The molecule has 0 radical (unpaired) electrons. The van der Waals surface area contributed by atoms with Crippen LogP contribution in [0.25, 0.3) is 0 Å². The highest BCUT2D eigenvalue weighted by atomic mass is 32.2. The lowest BCUT2D eigenvalue weighted by Crippen LogP contribution is -2.36. The highest BCUT2D eigenvalue weighted by Crippen LogP contribution is 2.31. The number of carbonyl (C=O) groups excluding carboxylic acids is 1. The fourth-order valence-electron chi connectivity index (χ4n) is 3.53. The van der Waals surface area contributed by atoms with Gasteiger partial charge in [0.2, 0.25) is 5.91 Å². The molecule has 1 amide bonds. The van der Waals surface area contributed by atoms with Gasteiger partial charge in [0.15, 0.2) is 0 Å². The van der Waals surface area contributed by atoms with Crippen molar-refractivity contribution in [3.63, 3.8) is 0 Å². The number of carbonyl (C=O) groups is 2. The number of nitrogens with one attached hydrogen (secondary N) is 2. The molecule has 2 aromatic carbocycles. The Kier molecular flexibility index (Phi) is 6.22. The summed E-state index contributed by atoms with van der Waals surface area (Å²) in [6.07, 6.45) is 2.71. The minimum Gasteiger partial charge on any atom is -0.481 e. The highest BCUT2D eigenvalue weighted by molar-refractivity contribution is 7.92. The Morgan fingerprint density at radius 1 is 0.897 bits per heavy atom. The molecule has 0 unspecified atom stereocenters. The summed E-state index contributed by atoms with van der Waals surface area (Å²) in [6, 6.07) is 12.8. The average molecular weight is 416 g/mol. The van der Waals surface area contributed by atoms with Crippen molar-refractivity contribution in [1.29, 1.82) is 0 Å². The summed E-state index contributed by atoms with van der Waals surface area (Å²) in [7, 11) is -3.70. The van der Waals surface area contributed by atoms with Crippen molar-refractivity contribution in [2.24, 2.45) is 11.8 Å². The molecule has 3 rings (SSSR count). The molecule has 154 valence electrons. The van der Waals surface area contributed by atoms with Gasteiger partial charge in [-0.1, -0.05) is 30.5 Å². The molecule has 0 spiro atoms. The number of sulfonamides is 1. The average Bonchev–Trinajstić information content (AvgIpc) is 2.69. The lowest BCUT2D eigenvalue weighted by molar-refractivity contribution is -0.147. The Balaban J connectivity index is 1.66. The largest absolute Gasteiger partial charge is 0.481 e. The van der Waals surface area contributed by atoms with Crippen LogP contribution in [0.15, 0.2) is 53.4 Å². The summed E-state index contributed by atoms with van der Waals surface area (Å²) in [5.74, 6) is -2.47. The Morgan fingerprint density at radius 2 is 1.45 bits per heavy atom. The molecule has 1 aliphatic carbocycles. The molecule has 3 N–H and O–H groups in total. The van der Waals surface area contributed by atoms with Gasteiger partial charge in [0.1, 0.15) is 0 Å². The number of anilines is 2. The van der Waals surface area contributed by atoms with E-state index in [2.05, 4.69) is 10.0 Å². The zero-order chi connectivity index (χ0) is 21.0. The van der Waals surface area contributed by atoms with E-state index in [9.17, 15) is 23.1 Å². The zero-order valence-corrected chi connectivity index (χ0v) is 16.9. The van der Waals surface area contributed by atoms with Gasteiger partial charge >= 0.3 is 5.97 Å². The van der Waals surface area contributed by atoms with Crippen LogP contribution in [0.2, 0.25) is 0 Å². The van der Waals surface area contributed by atoms with Crippen LogP contribution in [0.4, 0.5) is 11.4 Å². The van der Waals surface area contributed by atoms with Crippen molar-refractivity contribution >= 4 is 33.3 Å². The fraction of sp³-hybridized carbons (Fsp3) is 0.333. The van der Waals surface area contributed by atoms with E-state index in [1.807, 2.05) is 6.92 Å². The smallest absolute Gasteiger partial charge is 0.307 e. The van der Waals surface area contributed by atoms with Crippen LogP contribution in [0.3, 0.4) is 0 Å². The second-order valence-corrected chi connectivity index (χ2v) is 9.00. The highest BCUT2D eigenvalue weighted by Gasteiger charge is 2.35. The molecule has 0 aromatic heterocycles. The topological polar surface area (TPSA) is 113 Å². The number of rotatable bonds is 6. The summed E-state index contributed by atoms with van der Waals surface area (Å²) in [6.45, 7) is 1.88. The fourth-order valence-corrected chi connectivity index (χ4v) is 4.59. The minimum absolute atomic E-state index is 0.164. The number of hydrogen-bond acceptors (Lipinski definition) is 4. The van der Waals surface area contributed by atoms with Gasteiger partial charge in [-0.15, -0.1) is 0 Å². The first-order chi connectivity index (χ1) is 13.8. The molecular formula is C21H24N2O5S. The van der Waals surface area contributed by atoms with Crippen molar-refractivity contribution in [3.8, 4) is 0 Å². The number of hydrogen-bond donors (Lipinski definition) is 3. The Morgan fingerprint density at radius 3 is 2.03 bits per heavy atom. The third kappa shape index (κ3) is 5.14. The molecule has 7 nitrogen and oxygen atoms in total. The molecular weight excluding hydrogens is 392 g/mol. The first kappa shape index (κ1) is 20.9. The molecule has 1 saturated carbocycles. The summed E-state index contributed by atoms with van der Waals surface area (Å²) in [4.78, 5) is 24.1. The molecule has 29 heavy (non-hydrogen) atoms. The number of amides is 1. The predicted octanol–water partition coefficient (Wildman–Crippen LogP) is 3.63. The third-order valence-electron chi connectivity index (χ3n) is 5.16. The van der Waals surface area contributed by atoms with E-state index in [1.165, 1.54) is 12.1 Å². The quantitative estimate of drug-likeness (QED) is 0.666. The van der Waals surface area contributed by atoms with Gasteiger partial charge in [-0.2, -0.15) is 0 Å². The number of carboxylic acids is 1. The summed E-state index contributed by atoms with van der Waals surface area (Å²) >= 11 is 0. The van der Waals surface area contributed by atoms with Crippen molar-refractivity contribution in [2.75, 3.05) is 10.0 Å². The number of benzene rings is 2. The summed E-state index contributed by atoms with van der Waals surface area (Å²) in [5.41, 5.74) is 1.82. The van der Waals surface area contributed by atoms with E-state index in [0.717, 1.165) is 18.4 Å². The van der Waals surface area contributed by atoms with E-state index < -0.39 is 27.8 Å². The lowest BCUT2D eigenvalue weighted by Gasteiger charge is -2.27. The van der Waals surface area contributed by atoms with Crippen LogP contribution >= 0.6 is 0 Å². The number of aliphatic carboxylic acids is 1. The third-order valence-corrected chi connectivity index (χ3v) is 6.55. The van der Waals surface area contributed by atoms with E-state index >= 15 is 0 Å². The second-order valence-electron chi connectivity index (χ2n) is 7.32. The van der Waals surface area contributed by atoms with Crippen molar-refractivity contribution in [3.05, 3.63) is 54.1 Å². The van der Waals surface area contributed by atoms with Crippen LogP contribution in [0.5, 0.6) is 0 Å². The minimum atomic E-state index is -3.70. The van der Waals surface area contributed by atoms with Gasteiger partial charge < -0.3 is 10.4 Å². The monoisotopic (exact) mass is 416 g/mol. The van der Waals surface area contributed by atoms with Gasteiger partial charge in [0.25, 0.3) is 10.0 Å². The normalized spacial score (nSPS) is 19.3. The first-order valence-electron chi connectivity index (χ1n) is 9.49. The molecule has 2 aromatic rings. The molecule has 0 saturated heterocycles. The van der Waals surface area contributed by atoms with Crippen LogP contribution in [0, 0.1) is 18.8 Å². The Bertz CT molecular complexity index is 985. The standard InChI is InChI=1S/C21H24N2O5S/c1-14-6-12-17(13-7-14)29(27,28)23-16-10-8-15(9-11-16)22-20(24)18-4-2-3-5-19(18)21(25)26/h6-13,18-19,23H,2-5H2,1H3,(H,22,24)(H,25,26)/t18-,19+/m0/s1. The molecule has 0 bridgehead atoms. The van der Waals surface area contributed by atoms with Gasteiger partial charge in [0, 0.05) is 11.4 Å². The van der Waals surface area contributed by atoms with Crippen LogP contribution in [-0.4, -0.2) is 25.4 Å². The number of aryl methyl sites for hydroxylation is 1. The van der Waals surface area contributed by atoms with Crippen LogP contribution < -0.4 is 10.0 Å². The van der Waals surface area contributed by atoms with Gasteiger partial charge in [0.05, 0.1) is 16.7 Å². The van der Waals surface area contributed by atoms with E-state index in [0.29, 0.717) is 24.2 Å². The van der Waals surface area contributed by atoms with Gasteiger partial charge in [-0.05, 0) is 56.2 Å². The molecule has 2 atom stereocenters. The Labute approximate surface area is 170 Å². The van der Waals surface area contributed by atoms with Crippen molar-refractivity contribution in [2.45, 2.75) is 37.5 Å². The lowest BCUT2D eigenvalue weighted by atomic mass is 9.78. The van der Waals surface area contributed by atoms with Crippen molar-refractivity contribution < 1.29 is 23.1 Å². The molecule has 1 fully saturated rings. The molecule has 0 heterocycles.